The summed E-state index contributed by atoms with van der Waals surface area (Å²) in [5.41, 5.74) is 0. The molecule has 570 valence electrons. The van der Waals surface area contributed by atoms with Gasteiger partial charge in [-0.2, -0.15) is 0 Å². The van der Waals surface area contributed by atoms with Gasteiger partial charge in [0.25, 0.3) is 0 Å². The van der Waals surface area contributed by atoms with Crippen LogP contribution >= 0.6 is 15.6 Å². The van der Waals surface area contributed by atoms with Crippen molar-refractivity contribution in [2.75, 3.05) is 39.6 Å². The maximum Gasteiger partial charge on any atom is 0.472 e. The van der Waals surface area contributed by atoms with Gasteiger partial charge in [0.15, 0.2) is 12.2 Å². The number of carbonyl (C=O) groups is 4. The van der Waals surface area contributed by atoms with Gasteiger partial charge < -0.3 is 33.8 Å². The van der Waals surface area contributed by atoms with Crippen molar-refractivity contribution in [3.05, 3.63) is 0 Å². The van der Waals surface area contributed by atoms with Gasteiger partial charge in [0.2, 0.25) is 0 Å². The third kappa shape index (κ3) is 69.2. The maximum atomic E-state index is 13.1. The van der Waals surface area contributed by atoms with Crippen molar-refractivity contribution in [1.29, 1.82) is 0 Å². The molecule has 0 aromatic heterocycles. The zero-order chi connectivity index (χ0) is 70.9. The molecule has 0 spiro atoms. The fraction of sp³-hybridized carbons (Fsp3) is 0.948. The molecule has 0 saturated carbocycles. The van der Waals surface area contributed by atoms with Crippen molar-refractivity contribution >= 4 is 39.5 Å². The van der Waals surface area contributed by atoms with E-state index in [1.54, 1.807) is 0 Å². The summed E-state index contributed by atoms with van der Waals surface area (Å²) in [4.78, 5) is 72.9. The van der Waals surface area contributed by atoms with Crippen LogP contribution in [-0.4, -0.2) is 96.7 Å². The molecule has 6 atom stereocenters. The minimum absolute atomic E-state index is 0.105. The minimum Gasteiger partial charge on any atom is -0.462 e. The van der Waals surface area contributed by atoms with Crippen LogP contribution in [0.25, 0.3) is 0 Å². The molecule has 0 aromatic carbocycles. The Kier molecular flexibility index (Phi) is 66.2. The number of ether oxygens (including phenoxy) is 4. The predicted octanol–water partition coefficient (Wildman–Crippen LogP) is 22.6. The molecule has 96 heavy (non-hydrogen) atoms. The highest BCUT2D eigenvalue weighted by Gasteiger charge is 2.30. The zero-order valence-corrected chi connectivity index (χ0v) is 64.6. The normalized spacial score (nSPS) is 14.3. The number of phosphoric ester groups is 2. The van der Waals surface area contributed by atoms with Gasteiger partial charge in [0.05, 0.1) is 26.4 Å². The van der Waals surface area contributed by atoms with E-state index in [1.807, 2.05) is 0 Å². The molecule has 0 saturated heterocycles. The lowest BCUT2D eigenvalue weighted by Crippen LogP contribution is -2.30. The standard InChI is InChI=1S/C77H150O17P2/c1-8-10-11-12-13-14-15-16-17-18-19-20-27-32-37-46-53-60-76(81)93-72(64-87-74(79)58-51-44-36-31-26-22-21-24-29-34-41-48-55-68(3)4)66-91-95(83,84)89-62-71(78)63-90-96(85,86)92-67-73(65-88-75(80)59-52-45-40-39-43-50-57-70(7)9-2)94-77(82)61-54-47-38-33-28-23-25-30-35-42-49-56-69(5)6/h68-73,78H,8-67H2,1-7H3,(H,83,84)(H,85,86)/t70?,71-,72-,73-/m1/s1. The van der Waals surface area contributed by atoms with Gasteiger partial charge in [0, 0.05) is 25.7 Å². The predicted molar refractivity (Wildman–Crippen MR) is 391 cm³/mol. The van der Waals surface area contributed by atoms with Crippen molar-refractivity contribution in [3.63, 3.8) is 0 Å². The lowest BCUT2D eigenvalue weighted by molar-refractivity contribution is -0.161. The SMILES string of the molecule is CCCCCCCCCCCCCCCCCCCC(=O)O[C@H](COC(=O)CCCCCCCCCCCCCCC(C)C)COP(=O)(O)OC[C@@H](O)COP(=O)(O)OC[C@@H](COC(=O)CCCCCCCCC(C)CC)OC(=O)CCCCCCCCCCCCCC(C)C. The van der Waals surface area contributed by atoms with E-state index in [0.717, 1.165) is 114 Å². The molecule has 0 aliphatic rings. The number of carbonyl (C=O) groups excluding carboxylic acids is 4. The monoisotopic (exact) mass is 1410 g/mol. The van der Waals surface area contributed by atoms with Crippen molar-refractivity contribution in [3.8, 4) is 0 Å². The summed E-state index contributed by atoms with van der Waals surface area (Å²) < 4.78 is 68.6. The highest BCUT2D eigenvalue weighted by Crippen LogP contribution is 2.45. The van der Waals surface area contributed by atoms with Crippen LogP contribution in [0.4, 0.5) is 0 Å². The largest absolute Gasteiger partial charge is 0.472 e. The molecular weight excluding hydrogens is 1260 g/mol. The number of aliphatic hydroxyl groups is 1. The Morgan fingerprint density at radius 1 is 0.302 bits per heavy atom. The van der Waals surface area contributed by atoms with Crippen LogP contribution in [0.2, 0.25) is 0 Å². The molecule has 0 rings (SSSR count). The molecular formula is C77H150O17P2. The Hall–Kier alpha value is -1.94. The number of aliphatic hydroxyl groups excluding tert-OH is 1. The maximum absolute atomic E-state index is 13.1. The van der Waals surface area contributed by atoms with E-state index < -0.39 is 97.5 Å². The summed E-state index contributed by atoms with van der Waals surface area (Å²) in [6.07, 6.45) is 54.1. The first-order valence-electron chi connectivity index (χ1n) is 39.9. The summed E-state index contributed by atoms with van der Waals surface area (Å²) in [6, 6.07) is 0. The summed E-state index contributed by atoms with van der Waals surface area (Å²) >= 11 is 0. The van der Waals surface area contributed by atoms with E-state index in [1.165, 1.54) is 199 Å². The van der Waals surface area contributed by atoms with Crippen LogP contribution in [0, 0.1) is 17.8 Å². The first-order chi connectivity index (χ1) is 46.3. The van der Waals surface area contributed by atoms with Gasteiger partial charge in [-0.15, -0.1) is 0 Å². The Balaban J connectivity index is 5.26. The van der Waals surface area contributed by atoms with Crippen LogP contribution in [0.1, 0.15) is 395 Å². The summed E-state index contributed by atoms with van der Waals surface area (Å²) in [5, 5.41) is 10.6. The molecule has 0 aliphatic heterocycles. The Labute approximate surface area is 588 Å². The number of rotatable bonds is 75. The smallest absolute Gasteiger partial charge is 0.462 e. The van der Waals surface area contributed by atoms with Gasteiger partial charge >= 0.3 is 39.5 Å². The summed E-state index contributed by atoms with van der Waals surface area (Å²) in [6.45, 7) is 11.9. The second kappa shape index (κ2) is 67.5. The van der Waals surface area contributed by atoms with Gasteiger partial charge in [-0.05, 0) is 43.4 Å². The molecule has 19 heteroatoms. The van der Waals surface area contributed by atoms with Crippen molar-refractivity contribution < 1.29 is 80.2 Å². The third-order valence-electron chi connectivity index (χ3n) is 18.2. The second-order valence-corrected chi connectivity index (χ2v) is 31.8. The summed E-state index contributed by atoms with van der Waals surface area (Å²) in [5.74, 6) is 0.161. The second-order valence-electron chi connectivity index (χ2n) is 28.9. The molecule has 0 aromatic rings. The number of hydrogen-bond acceptors (Lipinski definition) is 15. The fourth-order valence-corrected chi connectivity index (χ4v) is 13.3. The van der Waals surface area contributed by atoms with E-state index in [4.69, 9.17) is 37.0 Å². The molecule has 0 fully saturated rings. The van der Waals surface area contributed by atoms with Crippen LogP contribution in [-0.2, 0) is 65.4 Å². The van der Waals surface area contributed by atoms with Crippen molar-refractivity contribution in [2.24, 2.45) is 17.8 Å². The number of phosphoric acid groups is 2. The van der Waals surface area contributed by atoms with Crippen molar-refractivity contribution in [1.82, 2.24) is 0 Å². The number of hydrogen-bond donors (Lipinski definition) is 3. The van der Waals surface area contributed by atoms with Crippen LogP contribution in [0.15, 0.2) is 0 Å². The van der Waals surface area contributed by atoms with Gasteiger partial charge in [-0.1, -0.05) is 344 Å². The topological polar surface area (TPSA) is 237 Å². The Morgan fingerprint density at radius 2 is 0.531 bits per heavy atom. The molecule has 0 heterocycles. The van der Waals surface area contributed by atoms with Crippen LogP contribution in [0.3, 0.4) is 0 Å². The van der Waals surface area contributed by atoms with E-state index in [-0.39, 0.29) is 25.7 Å². The quantitative estimate of drug-likeness (QED) is 0.0222. The number of esters is 4. The Bertz CT molecular complexity index is 1870. The van der Waals surface area contributed by atoms with Crippen molar-refractivity contribution in [2.45, 2.75) is 414 Å². The van der Waals surface area contributed by atoms with Gasteiger partial charge in [-0.3, -0.25) is 37.3 Å². The highest BCUT2D eigenvalue weighted by molar-refractivity contribution is 7.47. The molecule has 0 aliphatic carbocycles. The lowest BCUT2D eigenvalue weighted by atomic mass is 10.00. The van der Waals surface area contributed by atoms with E-state index in [0.29, 0.717) is 25.7 Å². The lowest BCUT2D eigenvalue weighted by Gasteiger charge is -2.21. The molecule has 3 N–H and O–H groups in total. The molecule has 0 amide bonds. The third-order valence-corrected chi connectivity index (χ3v) is 20.1. The molecule has 17 nitrogen and oxygen atoms in total. The molecule has 0 bridgehead atoms. The van der Waals surface area contributed by atoms with Crippen LogP contribution in [0.5, 0.6) is 0 Å². The summed E-state index contributed by atoms with van der Waals surface area (Å²) in [7, 11) is -9.91. The fourth-order valence-electron chi connectivity index (χ4n) is 11.7. The minimum atomic E-state index is -4.96. The average Bonchev–Trinajstić information content (AvgIpc) is 1.26. The van der Waals surface area contributed by atoms with E-state index in [9.17, 15) is 43.2 Å². The number of unbranched alkanes of at least 4 members (excludes halogenated alkanes) is 42. The van der Waals surface area contributed by atoms with Crippen LogP contribution < -0.4 is 0 Å². The average molecular weight is 1410 g/mol. The molecule has 3 unspecified atom stereocenters. The van der Waals surface area contributed by atoms with E-state index >= 15 is 0 Å². The van der Waals surface area contributed by atoms with E-state index in [2.05, 4.69) is 48.5 Å². The molecule has 0 radical (unpaired) electrons. The van der Waals surface area contributed by atoms with Gasteiger partial charge in [0.1, 0.15) is 19.3 Å². The first kappa shape index (κ1) is 94.1. The first-order valence-corrected chi connectivity index (χ1v) is 42.9. The highest BCUT2D eigenvalue weighted by atomic mass is 31.2. The zero-order valence-electron chi connectivity index (χ0n) is 62.8. The van der Waals surface area contributed by atoms with Gasteiger partial charge in [-0.25, -0.2) is 9.13 Å². The Morgan fingerprint density at radius 3 is 0.792 bits per heavy atom.